The Balaban J connectivity index is 2.25. The molecule has 0 atom stereocenters. The first-order chi connectivity index (χ1) is 8.38. The zero-order valence-electron chi connectivity index (χ0n) is 9.32. The summed E-state index contributed by atoms with van der Waals surface area (Å²) in [6.45, 7) is 0. The fourth-order valence-electron chi connectivity index (χ4n) is 1.34. The lowest BCUT2D eigenvalue weighted by Gasteiger charge is -2.02. The maximum atomic E-state index is 11.9. The molecule has 0 saturated carbocycles. The van der Waals surface area contributed by atoms with Crippen LogP contribution in [0.1, 0.15) is 9.67 Å². The molecule has 2 rings (SSSR count). The molecule has 8 heteroatoms. The summed E-state index contributed by atoms with van der Waals surface area (Å²) in [5, 5.41) is 9.02. The van der Waals surface area contributed by atoms with Gasteiger partial charge in [-0.1, -0.05) is 0 Å². The number of nitrogens with one attached hydrogen (secondary N) is 1. The topological polar surface area (TPSA) is 88.4 Å². The summed E-state index contributed by atoms with van der Waals surface area (Å²) >= 11 is 0.873. The smallest absolute Gasteiger partial charge is 0.345 e. The van der Waals surface area contributed by atoms with Crippen LogP contribution in [0.25, 0.3) is 0 Å². The Morgan fingerprint density at radius 1 is 1.39 bits per heavy atom. The number of rotatable bonds is 4. The highest BCUT2D eigenvalue weighted by Crippen LogP contribution is 2.24. The normalized spacial score (nSPS) is 11.4. The van der Waals surface area contributed by atoms with E-state index in [9.17, 15) is 13.2 Å². The molecular weight excluding hydrogens is 276 g/mol. The van der Waals surface area contributed by atoms with Gasteiger partial charge in [-0.15, -0.1) is 11.3 Å². The van der Waals surface area contributed by atoms with Crippen LogP contribution >= 0.6 is 11.3 Å². The van der Waals surface area contributed by atoms with Gasteiger partial charge in [0.1, 0.15) is 14.8 Å². The summed E-state index contributed by atoms with van der Waals surface area (Å²) in [6.07, 6.45) is 3.08. The van der Waals surface area contributed by atoms with E-state index in [-0.39, 0.29) is 14.8 Å². The number of hydrogen-bond acceptors (Lipinski definition) is 4. The molecule has 0 fully saturated rings. The van der Waals surface area contributed by atoms with Gasteiger partial charge in [-0.25, -0.2) is 13.2 Å². The van der Waals surface area contributed by atoms with E-state index >= 15 is 0 Å². The first-order valence-electron chi connectivity index (χ1n) is 4.86. The molecule has 2 aromatic heterocycles. The molecule has 2 heterocycles. The second-order valence-electron chi connectivity index (χ2n) is 3.59. The maximum Gasteiger partial charge on any atom is 0.345 e. The number of nitrogens with zero attached hydrogens (tertiary/aromatic N) is 1. The van der Waals surface area contributed by atoms with Crippen molar-refractivity contribution in [1.82, 2.24) is 4.57 Å². The highest BCUT2D eigenvalue weighted by atomic mass is 32.2. The molecule has 0 saturated heterocycles. The van der Waals surface area contributed by atoms with Gasteiger partial charge in [0.25, 0.3) is 10.0 Å². The van der Waals surface area contributed by atoms with Crippen LogP contribution in [-0.2, 0) is 17.1 Å². The summed E-state index contributed by atoms with van der Waals surface area (Å²) < 4.78 is 27.8. The molecule has 0 bridgehead atoms. The van der Waals surface area contributed by atoms with Gasteiger partial charge in [0, 0.05) is 19.4 Å². The average molecular weight is 286 g/mol. The first-order valence-corrected chi connectivity index (χ1v) is 7.16. The Kier molecular flexibility index (Phi) is 3.14. The Morgan fingerprint density at radius 3 is 2.61 bits per heavy atom. The van der Waals surface area contributed by atoms with Crippen molar-refractivity contribution < 1.29 is 18.3 Å². The second-order valence-corrected chi connectivity index (χ2v) is 6.35. The van der Waals surface area contributed by atoms with Gasteiger partial charge in [0.05, 0.1) is 0 Å². The van der Waals surface area contributed by atoms with Crippen molar-refractivity contribution in [2.75, 3.05) is 4.72 Å². The van der Waals surface area contributed by atoms with Crippen LogP contribution in [-0.4, -0.2) is 24.1 Å². The lowest BCUT2D eigenvalue weighted by Crippen LogP contribution is -2.11. The SMILES string of the molecule is Cn1ccc(S(=O)(=O)Nc2ccc(C(=O)O)s2)c1. The number of sulfonamides is 1. The van der Waals surface area contributed by atoms with Crippen LogP contribution in [0.3, 0.4) is 0 Å². The van der Waals surface area contributed by atoms with E-state index in [0.717, 1.165) is 11.3 Å². The number of anilines is 1. The summed E-state index contributed by atoms with van der Waals surface area (Å²) in [5.41, 5.74) is 0. The van der Waals surface area contributed by atoms with Crippen LogP contribution in [0, 0.1) is 0 Å². The molecule has 2 aromatic rings. The molecule has 0 aliphatic carbocycles. The molecule has 0 aliphatic rings. The minimum Gasteiger partial charge on any atom is -0.477 e. The van der Waals surface area contributed by atoms with E-state index in [1.165, 1.54) is 24.4 Å². The summed E-state index contributed by atoms with van der Waals surface area (Å²) in [5.74, 6) is -1.08. The lowest BCUT2D eigenvalue weighted by atomic mass is 10.5. The molecular formula is C10H10N2O4S2. The number of hydrogen-bond donors (Lipinski definition) is 2. The van der Waals surface area contributed by atoms with Crippen molar-refractivity contribution in [2.45, 2.75) is 4.90 Å². The monoisotopic (exact) mass is 286 g/mol. The van der Waals surface area contributed by atoms with E-state index in [0.29, 0.717) is 0 Å². The maximum absolute atomic E-state index is 11.9. The third-order valence-corrected chi connectivity index (χ3v) is 4.64. The van der Waals surface area contributed by atoms with E-state index < -0.39 is 16.0 Å². The first kappa shape index (κ1) is 12.7. The van der Waals surface area contributed by atoms with Crippen LogP contribution in [0.2, 0.25) is 0 Å². The minimum atomic E-state index is -3.66. The number of aromatic carboxylic acids is 1. The van der Waals surface area contributed by atoms with Gasteiger partial charge in [-0.3, -0.25) is 4.72 Å². The Hall–Kier alpha value is -1.80. The number of thiophene rings is 1. The number of carboxylic acid groups (broad SMARTS) is 1. The van der Waals surface area contributed by atoms with Gasteiger partial charge >= 0.3 is 5.97 Å². The highest BCUT2D eigenvalue weighted by molar-refractivity contribution is 7.93. The molecule has 6 nitrogen and oxygen atoms in total. The van der Waals surface area contributed by atoms with Gasteiger partial charge in [-0.2, -0.15) is 0 Å². The fraction of sp³-hybridized carbons (Fsp3) is 0.100. The van der Waals surface area contributed by atoms with Crippen molar-refractivity contribution in [3.63, 3.8) is 0 Å². The van der Waals surface area contributed by atoms with E-state index in [1.54, 1.807) is 17.8 Å². The third-order valence-electron chi connectivity index (χ3n) is 2.17. The zero-order valence-corrected chi connectivity index (χ0v) is 11.0. The molecule has 96 valence electrons. The largest absolute Gasteiger partial charge is 0.477 e. The van der Waals surface area contributed by atoms with Crippen molar-refractivity contribution in [3.8, 4) is 0 Å². The fourth-order valence-corrected chi connectivity index (χ4v) is 3.42. The number of aromatic nitrogens is 1. The molecule has 0 spiro atoms. The minimum absolute atomic E-state index is 0.0840. The highest BCUT2D eigenvalue weighted by Gasteiger charge is 2.17. The van der Waals surface area contributed by atoms with Crippen molar-refractivity contribution in [2.24, 2.45) is 7.05 Å². The number of carbonyl (C=O) groups is 1. The van der Waals surface area contributed by atoms with Crippen molar-refractivity contribution in [3.05, 3.63) is 35.5 Å². The molecule has 0 unspecified atom stereocenters. The van der Waals surface area contributed by atoms with E-state index in [4.69, 9.17) is 5.11 Å². The van der Waals surface area contributed by atoms with Crippen LogP contribution < -0.4 is 4.72 Å². The van der Waals surface area contributed by atoms with Crippen molar-refractivity contribution in [1.29, 1.82) is 0 Å². The number of carboxylic acids is 1. The van der Waals surface area contributed by atoms with E-state index in [2.05, 4.69) is 4.72 Å². The van der Waals surface area contributed by atoms with Gasteiger partial charge in [-0.05, 0) is 18.2 Å². The quantitative estimate of drug-likeness (QED) is 0.893. The average Bonchev–Trinajstić information content (AvgIpc) is 2.86. The van der Waals surface area contributed by atoms with Gasteiger partial charge in [0.15, 0.2) is 0 Å². The molecule has 18 heavy (non-hydrogen) atoms. The molecule has 0 radical (unpaired) electrons. The third kappa shape index (κ3) is 2.54. The molecule has 0 amide bonds. The summed E-state index contributed by atoms with van der Waals surface area (Å²) in [7, 11) is -1.94. The predicted octanol–water partition coefficient (Wildman–Crippen LogP) is 1.59. The Labute approximate surface area is 108 Å². The number of aryl methyl sites for hydroxylation is 1. The predicted molar refractivity (Wildman–Crippen MR) is 67.5 cm³/mol. The second kappa shape index (κ2) is 4.46. The zero-order chi connectivity index (χ0) is 13.3. The summed E-state index contributed by atoms with van der Waals surface area (Å²) in [6, 6.07) is 4.25. The van der Waals surface area contributed by atoms with Gasteiger partial charge in [0.2, 0.25) is 0 Å². The van der Waals surface area contributed by atoms with Crippen LogP contribution in [0.15, 0.2) is 35.5 Å². The molecule has 2 N–H and O–H groups in total. The Morgan fingerprint density at radius 2 is 2.11 bits per heavy atom. The summed E-state index contributed by atoms with van der Waals surface area (Å²) in [4.78, 5) is 10.9. The van der Waals surface area contributed by atoms with Gasteiger partial charge < -0.3 is 9.67 Å². The molecule has 0 aromatic carbocycles. The lowest BCUT2D eigenvalue weighted by molar-refractivity contribution is 0.0702. The van der Waals surface area contributed by atoms with Crippen LogP contribution in [0.4, 0.5) is 5.00 Å². The van der Waals surface area contributed by atoms with Crippen LogP contribution in [0.5, 0.6) is 0 Å². The van der Waals surface area contributed by atoms with E-state index in [1.807, 2.05) is 0 Å². The standard InChI is InChI=1S/C10H10N2O4S2/c1-12-5-4-7(6-12)18(15,16)11-9-3-2-8(17-9)10(13)14/h2-6,11H,1H3,(H,13,14). The van der Waals surface area contributed by atoms with Crippen molar-refractivity contribution >= 4 is 32.3 Å². The molecule has 0 aliphatic heterocycles. The Bertz CT molecular complexity index is 684.